The molecule has 0 aliphatic carbocycles. The van der Waals surface area contributed by atoms with E-state index in [-0.39, 0.29) is 5.91 Å². The average molecular weight is 356 g/mol. The molecule has 1 aromatic carbocycles. The predicted molar refractivity (Wildman–Crippen MR) is 103 cm³/mol. The van der Waals surface area contributed by atoms with Crippen LogP contribution in [0.3, 0.4) is 0 Å². The van der Waals surface area contributed by atoms with Gasteiger partial charge in [-0.15, -0.1) is 11.8 Å². The van der Waals surface area contributed by atoms with Crippen LogP contribution in [0.5, 0.6) is 0 Å². The van der Waals surface area contributed by atoms with Crippen LogP contribution in [0.15, 0.2) is 48.7 Å². The van der Waals surface area contributed by atoms with E-state index in [9.17, 15) is 4.79 Å². The molecule has 5 heteroatoms. The fourth-order valence-corrected chi connectivity index (χ4v) is 3.90. The largest absolute Gasteiger partial charge is 0.339 e. The Balaban J connectivity index is 1.38. The smallest absolute Gasteiger partial charge is 0.232 e. The van der Waals surface area contributed by atoms with Crippen LogP contribution in [0.2, 0.25) is 0 Å². The summed E-state index contributed by atoms with van der Waals surface area (Å²) in [6, 6.07) is 14.5. The quantitative estimate of drug-likeness (QED) is 0.798. The minimum atomic E-state index is 0.259. The Hall–Kier alpha value is -1.85. The molecular weight excluding hydrogens is 330 g/mol. The van der Waals surface area contributed by atoms with Gasteiger partial charge in [-0.05, 0) is 24.6 Å². The van der Waals surface area contributed by atoms with Gasteiger partial charge in [0, 0.05) is 44.7 Å². The van der Waals surface area contributed by atoms with Gasteiger partial charge in [0.1, 0.15) is 0 Å². The van der Waals surface area contributed by atoms with Gasteiger partial charge in [0.05, 0.1) is 11.4 Å². The fourth-order valence-electron chi connectivity index (χ4n) is 3.03. The van der Waals surface area contributed by atoms with Crippen LogP contribution in [0.25, 0.3) is 0 Å². The molecular formula is C20H25N3OS. The number of carbonyl (C=O) groups is 1. The molecule has 1 fully saturated rings. The third kappa shape index (κ3) is 5.58. The van der Waals surface area contributed by atoms with Crippen LogP contribution in [-0.4, -0.2) is 52.6 Å². The molecule has 25 heavy (non-hydrogen) atoms. The van der Waals surface area contributed by atoms with E-state index in [1.54, 1.807) is 11.8 Å². The highest BCUT2D eigenvalue weighted by Crippen LogP contribution is 2.15. The van der Waals surface area contributed by atoms with Crippen molar-refractivity contribution in [2.75, 3.05) is 31.9 Å². The summed E-state index contributed by atoms with van der Waals surface area (Å²) in [5.74, 6) is 1.72. The number of rotatable bonds is 6. The van der Waals surface area contributed by atoms with Crippen molar-refractivity contribution in [3.05, 3.63) is 65.5 Å². The minimum Gasteiger partial charge on any atom is -0.339 e. The number of aryl methyl sites for hydroxylation is 1. The molecule has 0 N–H and O–H groups in total. The highest BCUT2D eigenvalue weighted by Gasteiger charge is 2.21. The maximum atomic E-state index is 12.4. The Bertz CT molecular complexity index is 684. The van der Waals surface area contributed by atoms with Gasteiger partial charge in [-0.3, -0.25) is 14.7 Å². The summed E-state index contributed by atoms with van der Waals surface area (Å²) in [6.45, 7) is 6.44. The third-order valence-corrected chi connectivity index (χ3v) is 5.40. The molecule has 1 amide bonds. The standard InChI is InChI=1S/C20H25N3OS/c1-17-5-4-6-18(13-17)15-25-16-20(24)23-11-9-22(10-12-23)14-19-7-2-3-8-21-19/h2-8,13H,9-12,14-16H2,1H3. The summed E-state index contributed by atoms with van der Waals surface area (Å²) in [5, 5.41) is 0. The maximum Gasteiger partial charge on any atom is 0.232 e. The number of hydrogen-bond acceptors (Lipinski definition) is 4. The second-order valence-corrected chi connectivity index (χ2v) is 7.45. The molecule has 1 aliphatic heterocycles. The number of nitrogens with zero attached hydrogens (tertiary/aromatic N) is 3. The van der Waals surface area contributed by atoms with Crippen molar-refractivity contribution in [1.29, 1.82) is 0 Å². The maximum absolute atomic E-state index is 12.4. The zero-order valence-electron chi connectivity index (χ0n) is 14.7. The SMILES string of the molecule is Cc1cccc(CSCC(=O)N2CCN(Cc3ccccn3)CC2)c1. The number of thioether (sulfide) groups is 1. The van der Waals surface area contributed by atoms with Gasteiger partial charge in [-0.1, -0.05) is 35.9 Å². The van der Waals surface area contributed by atoms with E-state index in [4.69, 9.17) is 0 Å². The Labute approximate surface area is 154 Å². The lowest BCUT2D eigenvalue weighted by Gasteiger charge is -2.34. The highest BCUT2D eigenvalue weighted by atomic mass is 32.2. The van der Waals surface area contributed by atoms with Crippen molar-refractivity contribution >= 4 is 17.7 Å². The Morgan fingerprint density at radius 1 is 1.12 bits per heavy atom. The van der Waals surface area contributed by atoms with E-state index in [0.29, 0.717) is 5.75 Å². The lowest BCUT2D eigenvalue weighted by Crippen LogP contribution is -2.48. The summed E-state index contributed by atoms with van der Waals surface area (Å²) >= 11 is 1.71. The molecule has 4 nitrogen and oxygen atoms in total. The van der Waals surface area contributed by atoms with E-state index in [1.807, 2.05) is 23.2 Å². The Morgan fingerprint density at radius 3 is 2.68 bits per heavy atom. The molecule has 1 aliphatic rings. The third-order valence-electron chi connectivity index (χ3n) is 4.41. The summed E-state index contributed by atoms with van der Waals surface area (Å²) < 4.78 is 0. The van der Waals surface area contributed by atoms with Gasteiger partial charge >= 0.3 is 0 Å². The van der Waals surface area contributed by atoms with E-state index in [0.717, 1.165) is 44.2 Å². The second-order valence-electron chi connectivity index (χ2n) is 6.46. The van der Waals surface area contributed by atoms with Gasteiger partial charge in [0.25, 0.3) is 0 Å². The number of pyridine rings is 1. The molecule has 2 heterocycles. The molecule has 1 aromatic heterocycles. The lowest BCUT2D eigenvalue weighted by atomic mass is 10.2. The molecule has 0 radical (unpaired) electrons. The first-order valence-corrected chi connectivity index (χ1v) is 9.89. The normalized spacial score (nSPS) is 15.3. The Morgan fingerprint density at radius 2 is 1.96 bits per heavy atom. The molecule has 0 spiro atoms. The van der Waals surface area contributed by atoms with E-state index in [1.165, 1.54) is 11.1 Å². The molecule has 132 valence electrons. The van der Waals surface area contributed by atoms with Crippen molar-refractivity contribution in [2.45, 2.75) is 19.2 Å². The monoisotopic (exact) mass is 355 g/mol. The molecule has 1 saturated heterocycles. The van der Waals surface area contributed by atoms with Crippen molar-refractivity contribution in [3.63, 3.8) is 0 Å². The first-order valence-electron chi connectivity index (χ1n) is 8.74. The summed E-state index contributed by atoms with van der Waals surface area (Å²) in [5.41, 5.74) is 3.66. The molecule has 0 saturated carbocycles. The van der Waals surface area contributed by atoms with Crippen LogP contribution >= 0.6 is 11.8 Å². The summed E-state index contributed by atoms with van der Waals surface area (Å²) in [4.78, 5) is 21.1. The van der Waals surface area contributed by atoms with Crippen molar-refractivity contribution < 1.29 is 4.79 Å². The van der Waals surface area contributed by atoms with Gasteiger partial charge < -0.3 is 4.90 Å². The molecule has 3 rings (SSSR count). The molecule has 0 atom stereocenters. The van der Waals surface area contributed by atoms with E-state index in [2.05, 4.69) is 47.1 Å². The topological polar surface area (TPSA) is 36.4 Å². The van der Waals surface area contributed by atoms with Crippen LogP contribution in [0.4, 0.5) is 0 Å². The molecule has 0 bridgehead atoms. The van der Waals surface area contributed by atoms with E-state index < -0.39 is 0 Å². The minimum absolute atomic E-state index is 0.259. The summed E-state index contributed by atoms with van der Waals surface area (Å²) in [7, 11) is 0. The van der Waals surface area contributed by atoms with Crippen molar-refractivity contribution in [2.24, 2.45) is 0 Å². The van der Waals surface area contributed by atoms with Crippen molar-refractivity contribution in [1.82, 2.24) is 14.8 Å². The number of amides is 1. The molecule has 0 unspecified atom stereocenters. The number of hydrogen-bond donors (Lipinski definition) is 0. The first kappa shape index (κ1) is 18.0. The van der Waals surface area contributed by atoms with Crippen LogP contribution in [0.1, 0.15) is 16.8 Å². The fraction of sp³-hybridized carbons (Fsp3) is 0.400. The molecule has 2 aromatic rings. The van der Waals surface area contributed by atoms with Crippen LogP contribution in [-0.2, 0) is 17.1 Å². The zero-order chi connectivity index (χ0) is 17.5. The van der Waals surface area contributed by atoms with Crippen molar-refractivity contribution in [3.8, 4) is 0 Å². The van der Waals surface area contributed by atoms with Gasteiger partial charge in [-0.2, -0.15) is 0 Å². The number of benzene rings is 1. The zero-order valence-corrected chi connectivity index (χ0v) is 15.5. The number of aromatic nitrogens is 1. The van der Waals surface area contributed by atoms with E-state index >= 15 is 0 Å². The van der Waals surface area contributed by atoms with Gasteiger partial charge in [0.2, 0.25) is 5.91 Å². The Kier molecular flexibility index (Phi) is 6.48. The summed E-state index contributed by atoms with van der Waals surface area (Å²) in [6.07, 6.45) is 1.83. The predicted octanol–water partition coefficient (Wildman–Crippen LogP) is 2.97. The lowest BCUT2D eigenvalue weighted by molar-refractivity contribution is -0.130. The number of carbonyl (C=O) groups excluding carboxylic acids is 1. The first-order chi connectivity index (χ1) is 12.2. The average Bonchev–Trinajstić information content (AvgIpc) is 2.63. The number of piperazine rings is 1. The van der Waals surface area contributed by atoms with Crippen LogP contribution < -0.4 is 0 Å². The second kappa shape index (κ2) is 9.02. The highest BCUT2D eigenvalue weighted by molar-refractivity contribution is 7.99. The van der Waals surface area contributed by atoms with Crippen LogP contribution in [0, 0.1) is 6.92 Å². The van der Waals surface area contributed by atoms with Gasteiger partial charge in [0.15, 0.2) is 0 Å². The van der Waals surface area contributed by atoms with Gasteiger partial charge in [-0.25, -0.2) is 0 Å².